The van der Waals surface area contributed by atoms with Gasteiger partial charge in [-0.25, -0.2) is 0 Å². The summed E-state index contributed by atoms with van der Waals surface area (Å²) in [6.45, 7) is 12.8. The first-order valence-corrected chi connectivity index (χ1v) is 5.78. The molecule has 0 aliphatic carbocycles. The lowest BCUT2D eigenvalue weighted by Crippen LogP contribution is -2.06. The molecule has 0 amide bonds. The van der Waals surface area contributed by atoms with Crippen molar-refractivity contribution < 1.29 is 9.53 Å². The van der Waals surface area contributed by atoms with Crippen LogP contribution in [-0.4, -0.2) is 5.97 Å². The summed E-state index contributed by atoms with van der Waals surface area (Å²) in [5, 5.41) is 0. The Hall–Kier alpha value is -1.57. The number of hydrogen-bond donors (Lipinski definition) is 0. The minimum atomic E-state index is -0.279. The van der Waals surface area contributed by atoms with Crippen LogP contribution >= 0.6 is 0 Å². The normalized spacial score (nSPS) is 10.1. The number of hydrogen-bond acceptors (Lipinski definition) is 2. The maximum atomic E-state index is 11.0. The Balaban J connectivity index is 3.16. The molecule has 1 aromatic rings. The molecule has 0 saturated heterocycles. The summed E-state index contributed by atoms with van der Waals surface area (Å²) in [5.41, 5.74) is 4.47. The summed E-state index contributed by atoms with van der Waals surface area (Å²) < 4.78 is 5.24. The van der Waals surface area contributed by atoms with Gasteiger partial charge in [-0.15, -0.1) is 0 Å². The predicted molar refractivity (Wildman–Crippen MR) is 69.2 cm³/mol. The van der Waals surface area contributed by atoms with Crippen molar-refractivity contribution in [3.63, 3.8) is 0 Å². The van der Waals surface area contributed by atoms with Crippen LogP contribution in [0.5, 0.6) is 5.75 Å². The fourth-order valence-electron chi connectivity index (χ4n) is 1.94. The third-order valence-corrected chi connectivity index (χ3v) is 2.96. The molecule has 0 aliphatic heterocycles. The Kier molecular flexibility index (Phi) is 4.50. The van der Waals surface area contributed by atoms with Gasteiger partial charge in [0.2, 0.25) is 0 Å². The zero-order chi connectivity index (χ0) is 13.0. The third-order valence-electron chi connectivity index (χ3n) is 2.96. The van der Waals surface area contributed by atoms with Gasteiger partial charge in [-0.1, -0.05) is 18.7 Å². The van der Waals surface area contributed by atoms with Crippen molar-refractivity contribution in [2.45, 2.75) is 40.5 Å². The molecule has 0 aromatic heterocycles. The van der Waals surface area contributed by atoms with E-state index in [1.807, 2.05) is 20.8 Å². The number of esters is 1. The maximum Gasteiger partial charge on any atom is 0.308 e. The van der Waals surface area contributed by atoms with E-state index < -0.39 is 0 Å². The van der Waals surface area contributed by atoms with Crippen LogP contribution in [0.4, 0.5) is 0 Å². The molecule has 2 nitrogen and oxygen atoms in total. The van der Waals surface area contributed by atoms with Crippen LogP contribution in [-0.2, 0) is 11.2 Å². The van der Waals surface area contributed by atoms with Gasteiger partial charge in [0, 0.05) is 6.92 Å². The van der Waals surface area contributed by atoms with E-state index in [9.17, 15) is 4.79 Å². The van der Waals surface area contributed by atoms with Gasteiger partial charge in [0.1, 0.15) is 5.75 Å². The number of carbonyl (C=O) groups is 1. The SMILES string of the molecule is [CH]=CCCc1cc(C)c(OC(C)=O)c(C)c1C. The second-order valence-electron chi connectivity index (χ2n) is 4.30. The Morgan fingerprint density at radius 1 is 1.35 bits per heavy atom. The second-order valence-corrected chi connectivity index (χ2v) is 4.30. The average molecular weight is 231 g/mol. The van der Waals surface area contributed by atoms with Crippen LogP contribution in [0.15, 0.2) is 12.1 Å². The maximum absolute atomic E-state index is 11.0. The zero-order valence-electron chi connectivity index (χ0n) is 11.0. The first-order chi connectivity index (χ1) is 7.97. The average Bonchev–Trinajstić information content (AvgIpc) is 2.27. The van der Waals surface area contributed by atoms with Crippen molar-refractivity contribution in [2.75, 3.05) is 0 Å². The molecule has 17 heavy (non-hydrogen) atoms. The highest BCUT2D eigenvalue weighted by Gasteiger charge is 2.12. The Labute approximate surface area is 103 Å². The quantitative estimate of drug-likeness (QED) is 0.586. The molecule has 1 rings (SSSR count). The van der Waals surface area contributed by atoms with Crippen molar-refractivity contribution in [1.29, 1.82) is 0 Å². The lowest BCUT2D eigenvalue weighted by atomic mass is 9.96. The van der Waals surface area contributed by atoms with E-state index in [0.717, 1.165) is 24.0 Å². The van der Waals surface area contributed by atoms with Gasteiger partial charge in [-0.3, -0.25) is 4.79 Å². The van der Waals surface area contributed by atoms with Crippen LogP contribution in [0.3, 0.4) is 0 Å². The van der Waals surface area contributed by atoms with Crippen LogP contribution < -0.4 is 4.74 Å². The van der Waals surface area contributed by atoms with Gasteiger partial charge in [0.15, 0.2) is 0 Å². The summed E-state index contributed by atoms with van der Waals surface area (Å²) in [5.74, 6) is 0.411. The number of rotatable bonds is 4. The van der Waals surface area contributed by atoms with Crippen molar-refractivity contribution in [3.8, 4) is 5.75 Å². The molecular weight excluding hydrogens is 212 g/mol. The van der Waals surface area contributed by atoms with Crippen molar-refractivity contribution in [1.82, 2.24) is 0 Å². The second kappa shape index (κ2) is 5.67. The smallest absolute Gasteiger partial charge is 0.308 e. The number of benzene rings is 1. The third kappa shape index (κ3) is 3.19. The minimum absolute atomic E-state index is 0.279. The molecule has 0 atom stereocenters. The van der Waals surface area contributed by atoms with Crippen LogP contribution in [0.2, 0.25) is 0 Å². The Morgan fingerprint density at radius 2 is 2.00 bits per heavy atom. The standard InChI is InChI=1S/C15H19O2/c1-6-7-8-14-9-10(2)15(17-13(5)16)12(4)11(14)3/h1,6,9H,7-8H2,2-5H3. The Morgan fingerprint density at radius 3 is 2.53 bits per heavy atom. The molecule has 0 N–H and O–H groups in total. The first-order valence-electron chi connectivity index (χ1n) is 5.78. The van der Waals surface area contributed by atoms with E-state index in [1.54, 1.807) is 6.08 Å². The molecule has 91 valence electrons. The largest absolute Gasteiger partial charge is 0.426 e. The van der Waals surface area contributed by atoms with Crippen molar-refractivity contribution >= 4 is 5.97 Å². The van der Waals surface area contributed by atoms with Gasteiger partial charge in [0.25, 0.3) is 0 Å². The highest BCUT2D eigenvalue weighted by Crippen LogP contribution is 2.29. The molecule has 0 unspecified atom stereocenters. The Bertz CT molecular complexity index is 445. The predicted octanol–water partition coefficient (Wildman–Crippen LogP) is 3.46. The molecule has 1 radical (unpaired) electrons. The van der Waals surface area contributed by atoms with Gasteiger partial charge >= 0.3 is 5.97 Å². The van der Waals surface area contributed by atoms with Crippen LogP contribution in [0.1, 0.15) is 35.6 Å². The lowest BCUT2D eigenvalue weighted by Gasteiger charge is -2.15. The molecule has 0 heterocycles. The van der Waals surface area contributed by atoms with E-state index >= 15 is 0 Å². The van der Waals surface area contributed by atoms with Crippen molar-refractivity contribution in [2.24, 2.45) is 0 Å². The van der Waals surface area contributed by atoms with E-state index in [-0.39, 0.29) is 5.97 Å². The molecule has 0 aliphatic rings. The fraction of sp³-hybridized carbons (Fsp3) is 0.400. The molecule has 0 fully saturated rings. The fourth-order valence-corrected chi connectivity index (χ4v) is 1.94. The molecule has 2 heteroatoms. The van der Waals surface area contributed by atoms with Gasteiger partial charge in [-0.05, 0) is 55.9 Å². The first kappa shape index (κ1) is 13.5. The lowest BCUT2D eigenvalue weighted by molar-refractivity contribution is -0.131. The molecule has 1 aromatic carbocycles. The summed E-state index contributed by atoms with van der Waals surface area (Å²) in [4.78, 5) is 11.0. The minimum Gasteiger partial charge on any atom is -0.426 e. The highest BCUT2D eigenvalue weighted by atomic mass is 16.5. The number of aryl methyl sites for hydroxylation is 2. The summed E-state index contributed by atoms with van der Waals surface area (Å²) in [7, 11) is 0. The van der Waals surface area contributed by atoms with Crippen LogP contribution in [0, 0.1) is 27.4 Å². The molecule has 0 saturated carbocycles. The van der Waals surface area contributed by atoms with Gasteiger partial charge in [-0.2, -0.15) is 0 Å². The monoisotopic (exact) mass is 231 g/mol. The summed E-state index contributed by atoms with van der Waals surface area (Å²) in [6.07, 6.45) is 3.45. The zero-order valence-corrected chi connectivity index (χ0v) is 11.0. The highest BCUT2D eigenvalue weighted by molar-refractivity contribution is 5.71. The summed E-state index contributed by atoms with van der Waals surface area (Å²) >= 11 is 0. The van der Waals surface area contributed by atoms with E-state index in [2.05, 4.69) is 6.07 Å². The van der Waals surface area contributed by atoms with Gasteiger partial charge in [0.05, 0.1) is 0 Å². The molecule has 0 spiro atoms. The summed E-state index contributed by atoms with van der Waals surface area (Å²) in [6, 6.07) is 2.07. The topological polar surface area (TPSA) is 26.3 Å². The van der Waals surface area contributed by atoms with Crippen LogP contribution in [0.25, 0.3) is 0 Å². The van der Waals surface area contributed by atoms with E-state index in [1.165, 1.54) is 18.1 Å². The number of ether oxygens (including phenoxy) is 1. The van der Waals surface area contributed by atoms with E-state index in [4.69, 9.17) is 11.3 Å². The van der Waals surface area contributed by atoms with E-state index in [0.29, 0.717) is 5.75 Å². The van der Waals surface area contributed by atoms with Gasteiger partial charge < -0.3 is 4.74 Å². The molecular formula is C15H19O2. The molecule has 0 bridgehead atoms. The number of allylic oxidation sites excluding steroid dienone is 1. The number of carbonyl (C=O) groups excluding carboxylic acids is 1. The van der Waals surface area contributed by atoms with Crippen molar-refractivity contribution in [3.05, 3.63) is 41.0 Å².